The van der Waals surface area contributed by atoms with Gasteiger partial charge in [-0.2, -0.15) is 0 Å². The minimum absolute atomic E-state index is 0.0235. The van der Waals surface area contributed by atoms with Crippen molar-refractivity contribution in [1.29, 1.82) is 0 Å². The van der Waals surface area contributed by atoms with Gasteiger partial charge in [0.05, 0.1) is 0 Å². The molecule has 1 N–H and O–H groups in total. The van der Waals surface area contributed by atoms with E-state index in [9.17, 15) is 13.6 Å². The van der Waals surface area contributed by atoms with Crippen molar-refractivity contribution >= 4 is 17.7 Å². The molecule has 0 saturated carbocycles. The first-order valence-electron chi connectivity index (χ1n) is 3.99. The van der Waals surface area contributed by atoms with E-state index >= 15 is 0 Å². The van der Waals surface area contributed by atoms with Gasteiger partial charge >= 0.3 is 5.97 Å². The molecule has 0 aliphatic carbocycles. The fourth-order valence-electron chi connectivity index (χ4n) is 0.814. The molecule has 1 rings (SSSR count). The molecular weight excluding hydrogens is 222 g/mol. The van der Waals surface area contributed by atoms with E-state index in [-0.39, 0.29) is 16.2 Å². The number of halogens is 2. The predicted octanol–water partition coefficient (Wildman–Crippen LogP) is 2.70. The first kappa shape index (κ1) is 11.7. The number of thioether (sulfide) groups is 1. The SMILES string of the molecule is C=C(CSc1cc(F)ccc1F)C(=O)O. The second kappa shape index (κ2) is 4.93. The molecule has 1 aromatic carbocycles. The fourth-order valence-corrected chi connectivity index (χ4v) is 1.67. The number of carbonyl (C=O) groups is 1. The van der Waals surface area contributed by atoms with Crippen LogP contribution in [0.2, 0.25) is 0 Å². The standard InChI is InChI=1S/C10H8F2O2S/c1-6(10(13)14)5-15-9-4-7(11)2-3-8(9)12/h2-4H,1,5H2,(H,13,14). The summed E-state index contributed by atoms with van der Waals surface area (Å²) in [6, 6.07) is 3.03. The van der Waals surface area contributed by atoms with Crippen molar-refractivity contribution in [3.8, 4) is 0 Å². The number of carboxylic acid groups (broad SMARTS) is 1. The van der Waals surface area contributed by atoms with Gasteiger partial charge in [-0.05, 0) is 18.2 Å². The van der Waals surface area contributed by atoms with Crippen LogP contribution in [0.3, 0.4) is 0 Å². The Morgan fingerprint density at radius 1 is 1.47 bits per heavy atom. The summed E-state index contributed by atoms with van der Waals surface area (Å²) in [4.78, 5) is 10.5. The van der Waals surface area contributed by atoms with Crippen LogP contribution in [0.25, 0.3) is 0 Å². The van der Waals surface area contributed by atoms with Gasteiger partial charge in [0.2, 0.25) is 0 Å². The van der Waals surface area contributed by atoms with Crippen molar-refractivity contribution in [3.05, 3.63) is 42.0 Å². The highest BCUT2D eigenvalue weighted by Gasteiger charge is 2.08. The maximum Gasteiger partial charge on any atom is 0.331 e. The molecular formula is C10H8F2O2S. The predicted molar refractivity (Wildman–Crippen MR) is 53.9 cm³/mol. The summed E-state index contributed by atoms with van der Waals surface area (Å²) in [6.45, 7) is 3.28. The van der Waals surface area contributed by atoms with Crippen molar-refractivity contribution in [3.63, 3.8) is 0 Å². The molecule has 15 heavy (non-hydrogen) atoms. The van der Waals surface area contributed by atoms with E-state index in [2.05, 4.69) is 6.58 Å². The van der Waals surface area contributed by atoms with Gasteiger partial charge in [0.15, 0.2) is 0 Å². The minimum Gasteiger partial charge on any atom is -0.478 e. The Labute approximate surface area is 89.6 Å². The van der Waals surface area contributed by atoms with Gasteiger partial charge in [0, 0.05) is 16.2 Å². The van der Waals surface area contributed by atoms with Gasteiger partial charge in [-0.1, -0.05) is 6.58 Å². The van der Waals surface area contributed by atoms with Gasteiger partial charge in [0.25, 0.3) is 0 Å². The number of rotatable bonds is 4. The smallest absolute Gasteiger partial charge is 0.331 e. The topological polar surface area (TPSA) is 37.3 Å². The number of hydrogen-bond acceptors (Lipinski definition) is 2. The van der Waals surface area contributed by atoms with E-state index < -0.39 is 17.6 Å². The van der Waals surface area contributed by atoms with Crippen LogP contribution < -0.4 is 0 Å². The molecule has 0 unspecified atom stereocenters. The van der Waals surface area contributed by atoms with Gasteiger partial charge in [-0.15, -0.1) is 11.8 Å². The largest absolute Gasteiger partial charge is 0.478 e. The third-order valence-electron chi connectivity index (χ3n) is 1.60. The van der Waals surface area contributed by atoms with Crippen molar-refractivity contribution in [2.75, 3.05) is 5.75 Å². The van der Waals surface area contributed by atoms with E-state index in [1.54, 1.807) is 0 Å². The Hall–Kier alpha value is -1.36. The Balaban J connectivity index is 2.69. The highest BCUT2D eigenvalue weighted by Crippen LogP contribution is 2.24. The average molecular weight is 230 g/mol. The molecule has 5 heteroatoms. The van der Waals surface area contributed by atoms with Crippen LogP contribution in [0.4, 0.5) is 8.78 Å². The van der Waals surface area contributed by atoms with Crippen LogP contribution in [-0.4, -0.2) is 16.8 Å². The summed E-state index contributed by atoms with van der Waals surface area (Å²) in [5.41, 5.74) is -0.0522. The monoisotopic (exact) mass is 230 g/mol. The summed E-state index contributed by atoms with van der Waals surface area (Å²) in [7, 11) is 0. The highest BCUT2D eigenvalue weighted by atomic mass is 32.2. The van der Waals surface area contributed by atoms with Crippen molar-refractivity contribution in [1.82, 2.24) is 0 Å². The number of hydrogen-bond donors (Lipinski definition) is 1. The fraction of sp³-hybridized carbons (Fsp3) is 0.100. The number of carboxylic acids is 1. The van der Waals surface area contributed by atoms with Crippen LogP contribution in [0.15, 0.2) is 35.2 Å². The zero-order valence-electron chi connectivity index (χ0n) is 7.67. The third-order valence-corrected chi connectivity index (χ3v) is 2.71. The van der Waals surface area contributed by atoms with E-state index in [4.69, 9.17) is 5.11 Å². The molecule has 0 atom stereocenters. The van der Waals surface area contributed by atoms with Crippen molar-refractivity contribution in [2.24, 2.45) is 0 Å². The van der Waals surface area contributed by atoms with E-state index in [0.29, 0.717) is 0 Å². The third kappa shape index (κ3) is 3.36. The first-order valence-corrected chi connectivity index (χ1v) is 4.98. The molecule has 0 heterocycles. The molecule has 0 spiro atoms. The van der Waals surface area contributed by atoms with Crippen LogP contribution in [0, 0.1) is 11.6 Å². The lowest BCUT2D eigenvalue weighted by Gasteiger charge is -2.02. The van der Waals surface area contributed by atoms with Gasteiger partial charge in [-0.25, -0.2) is 13.6 Å². The molecule has 0 saturated heterocycles. The maximum atomic E-state index is 13.1. The van der Waals surface area contributed by atoms with Gasteiger partial charge < -0.3 is 5.11 Å². The first-order chi connectivity index (χ1) is 7.00. The Kier molecular flexibility index (Phi) is 3.85. The Morgan fingerprint density at radius 3 is 2.73 bits per heavy atom. The van der Waals surface area contributed by atoms with Crippen molar-refractivity contribution < 1.29 is 18.7 Å². The summed E-state index contributed by atoms with van der Waals surface area (Å²) < 4.78 is 25.8. The quantitative estimate of drug-likeness (QED) is 0.638. The minimum atomic E-state index is -1.14. The molecule has 0 fully saturated rings. The highest BCUT2D eigenvalue weighted by molar-refractivity contribution is 7.99. The Bertz CT molecular complexity index is 404. The summed E-state index contributed by atoms with van der Waals surface area (Å²) >= 11 is 0.902. The summed E-state index contributed by atoms with van der Waals surface area (Å²) in [6.07, 6.45) is 0. The molecule has 1 aromatic rings. The maximum absolute atomic E-state index is 13.1. The molecule has 2 nitrogen and oxygen atoms in total. The molecule has 0 aliphatic rings. The van der Waals surface area contributed by atoms with Crippen LogP contribution in [-0.2, 0) is 4.79 Å². The Morgan fingerprint density at radius 2 is 2.13 bits per heavy atom. The molecule has 0 bridgehead atoms. The molecule has 0 aromatic heterocycles. The van der Waals surface area contributed by atoms with E-state index in [1.807, 2.05) is 0 Å². The van der Waals surface area contributed by atoms with E-state index in [1.165, 1.54) is 0 Å². The lowest BCUT2D eigenvalue weighted by atomic mass is 10.3. The zero-order valence-corrected chi connectivity index (χ0v) is 8.48. The molecule has 80 valence electrons. The van der Waals surface area contributed by atoms with Crippen molar-refractivity contribution in [2.45, 2.75) is 4.90 Å². The molecule has 0 radical (unpaired) electrons. The van der Waals surface area contributed by atoms with Gasteiger partial charge in [-0.3, -0.25) is 0 Å². The number of aliphatic carboxylic acids is 1. The van der Waals surface area contributed by atoms with Crippen LogP contribution in [0.5, 0.6) is 0 Å². The second-order valence-corrected chi connectivity index (χ2v) is 3.79. The summed E-state index contributed by atoms with van der Waals surface area (Å²) in [5.74, 6) is -2.24. The molecule has 0 aliphatic heterocycles. The summed E-state index contributed by atoms with van der Waals surface area (Å²) in [5, 5.41) is 8.50. The van der Waals surface area contributed by atoms with Crippen LogP contribution in [0.1, 0.15) is 0 Å². The lowest BCUT2D eigenvalue weighted by molar-refractivity contribution is -0.132. The van der Waals surface area contributed by atoms with Gasteiger partial charge in [0.1, 0.15) is 11.6 Å². The van der Waals surface area contributed by atoms with Crippen LogP contribution >= 0.6 is 11.8 Å². The second-order valence-electron chi connectivity index (χ2n) is 2.77. The van der Waals surface area contributed by atoms with E-state index in [0.717, 1.165) is 30.0 Å². The number of benzene rings is 1. The average Bonchev–Trinajstić information content (AvgIpc) is 2.18. The molecule has 0 amide bonds. The lowest BCUT2D eigenvalue weighted by Crippen LogP contribution is -2.01. The zero-order chi connectivity index (χ0) is 11.4. The normalized spacial score (nSPS) is 10.0.